The number of hydrogen-bond donors (Lipinski definition) is 1. The fourth-order valence-electron chi connectivity index (χ4n) is 2.28. The highest BCUT2D eigenvalue weighted by Crippen LogP contribution is 2.33. The standard InChI is InChI=1S/C16H16Cl3NO/c1-20-14(12-4-3-5-13(18)16(12)19)9-10-8-11(17)6-7-15(10)21-2/h3-8,14,20H,9H2,1-2H3. The molecule has 0 aliphatic rings. The molecule has 1 N–H and O–H groups in total. The van der Waals surface area contributed by atoms with Crippen LogP contribution in [0.1, 0.15) is 17.2 Å². The molecule has 2 nitrogen and oxygen atoms in total. The summed E-state index contributed by atoms with van der Waals surface area (Å²) in [6, 6.07) is 11.2. The Morgan fingerprint density at radius 1 is 1.14 bits per heavy atom. The minimum atomic E-state index is 0.0172. The van der Waals surface area contributed by atoms with E-state index in [1.54, 1.807) is 13.2 Å². The fourth-order valence-corrected chi connectivity index (χ4v) is 2.92. The summed E-state index contributed by atoms with van der Waals surface area (Å²) in [5.74, 6) is 0.804. The van der Waals surface area contributed by atoms with E-state index in [1.807, 2.05) is 37.4 Å². The van der Waals surface area contributed by atoms with E-state index in [1.165, 1.54) is 0 Å². The van der Waals surface area contributed by atoms with Crippen LogP contribution in [0.5, 0.6) is 5.75 Å². The molecule has 0 radical (unpaired) electrons. The van der Waals surface area contributed by atoms with Crippen LogP contribution in [0, 0.1) is 0 Å². The first kappa shape index (κ1) is 16.4. The molecule has 1 unspecified atom stereocenters. The van der Waals surface area contributed by atoms with Gasteiger partial charge in [-0.15, -0.1) is 0 Å². The summed E-state index contributed by atoms with van der Waals surface area (Å²) >= 11 is 18.5. The summed E-state index contributed by atoms with van der Waals surface area (Å²) in [4.78, 5) is 0. The Balaban J connectivity index is 2.35. The van der Waals surface area contributed by atoms with E-state index in [0.717, 1.165) is 16.9 Å². The van der Waals surface area contributed by atoms with Crippen molar-refractivity contribution < 1.29 is 4.74 Å². The van der Waals surface area contributed by atoms with Gasteiger partial charge in [-0.05, 0) is 48.9 Å². The maximum Gasteiger partial charge on any atom is 0.122 e. The number of ether oxygens (including phenoxy) is 1. The summed E-state index contributed by atoms with van der Waals surface area (Å²) in [6.45, 7) is 0. The Labute approximate surface area is 140 Å². The summed E-state index contributed by atoms with van der Waals surface area (Å²) < 4.78 is 5.39. The van der Waals surface area contributed by atoms with Crippen molar-refractivity contribution in [3.8, 4) is 5.75 Å². The molecule has 0 heterocycles. The topological polar surface area (TPSA) is 21.3 Å². The number of halogens is 3. The summed E-state index contributed by atoms with van der Waals surface area (Å²) in [5, 5.41) is 5.06. The normalized spacial score (nSPS) is 12.2. The zero-order chi connectivity index (χ0) is 15.4. The van der Waals surface area contributed by atoms with Crippen LogP contribution in [-0.2, 0) is 6.42 Å². The maximum absolute atomic E-state index is 6.31. The highest BCUT2D eigenvalue weighted by molar-refractivity contribution is 6.42. The molecule has 2 rings (SSSR count). The van der Waals surface area contributed by atoms with Gasteiger partial charge in [0.15, 0.2) is 0 Å². The van der Waals surface area contributed by atoms with Crippen molar-refractivity contribution in [2.45, 2.75) is 12.5 Å². The molecule has 0 aliphatic heterocycles. The largest absolute Gasteiger partial charge is 0.496 e. The van der Waals surface area contributed by atoms with Gasteiger partial charge in [0.25, 0.3) is 0 Å². The number of rotatable bonds is 5. The average molecular weight is 345 g/mol. The number of benzene rings is 2. The third kappa shape index (κ3) is 3.83. The average Bonchev–Trinajstić information content (AvgIpc) is 2.48. The van der Waals surface area contributed by atoms with Crippen molar-refractivity contribution in [2.75, 3.05) is 14.2 Å². The molecule has 0 saturated carbocycles. The lowest BCUT2D eigenvalue weighted by Crippen LogP contribution is -2.19. The Morgan fingerprint density at radius 2 is 1.90 bits per heavy atom. The first-order valence-electron chi connectivity index (χ1n) is 6.50. The van der Waals surface area contributed by atoms with Gasteiger partial charge >= 0.3 is 0 Å². The SMILES string of the molecule is CNC(Cc1cc(Cl)ccc1OC)c1cccc(Cl)c1Cl. The highest BCUT2D eigenvalue weighted by atomic mass is 35.5. The van der Waals surface area contributed by atoms with E-state index >= 15 is 0 Å². The van der Waals surface area contributed by atoms with E-state index < -0.39 is 0 Å². The lowest BCUT2D eigenvalue weighted by atomic mass is 9.98. The van der Waals surface area contributed by atoms with Gasteiger partial charge < -0.3 is 10.1 Å². The number of hydrogen-bond acceptors (Lipinski definition) is 2. The van der Waals surface area contributed by atoms with Crippen LogP contribution in [0.4, 0.5) is 0 Å². The Hall–Kier alpha value is -0.930. The second kappa shape index (κ2) is 7.37. The molecule has 5 heteroatoms. The molecule has 0 bridgehead atoms. The predicted molar refractivity (Wildman–Crippen MR) is 90.0 cm³/mol. The van der Waals surface area contributed by atoms with Crippen LogP contribution in [0.15, 0.2) is 36.4 Å². The van der Waals surface area contributed by atoms with Gasteiger partial charge in [-0.3, -0.25) is 0 Å². The highest BCUT2D eigenvalue weighted by Gasteiger charge is 2.17. The van der Waals surface area contributed by atoms with Crippen molar-refractivity contribution >= 4 is 34.8 Å². The smallest absolute Gasteiger partial charge is 0.122 e. The molecule has 0 aliphatic carbocycles. The van der Waals surface area contributed by atoms with E-state index in [4.69, 9.17) is 39.5 Å². The van der Waals surface area contributed by atoms with Gasteiger partial charge in [-0.1, -0.05) is 46.9 Å². The zero-order valence-electron chi connectivity index (χ0n) is 11.8. The zero-order valence-corrected chi connectivity index (χ0v) is 14.1. The van der Waals surface area contributed by atoms with Crippen LogP contribution in [0.3, 0.4) is 0 Å². The molecule has 2 aromatic carbocycles. The molecule has 0 saturated heterocycles. The van der Waals surface area contributed by atoms with Crippen LogP contribution >= 0.6 is 34.8 Å². The maximum atomic E-state index is 6.31. The molecule has 21 heavy (non-hydrogen) atoms. The summed E-state index contributed by atoms with van der Waals surface area (Å²) in [6.07, 6.45) is 0.695. The second-order valence-electron chi connectivity index (χ2n) is 4.64. The van der Waals surface area contributed by atoms with Gasteiger partial charge in [-0.25, -0.2) is 0 Å². The summed E-state index contributed by atoms with van der Waals surface area (Å²) in [5.41, 5.74) is 1.97. The molecule has 0 amide bonds. The minimum absolute atomic E-state index is 0.0172. The van der Waals surface area contributed by atoms with Gasteiger partial charge in [0, 0.05) is 11.1 Å². The van der Waals surface area contributed by atoms with E-state index in [-0.39, 0.29) is 6.04 Å². The number of nitrogens with one attached hydrogen (secondary N) is 1. The first-order chi connectivity index (χ1) is 10.1. The Bertz CT molecular complexity index is 631. The van der Waals surface area contributed by atoms with Crippen molar-refractivity contribution in [3.05, 3.63) is 62.6 Å². The quantitative estimate of drug-likeness (QED) is 0.809. The first-order valence-corrected chi connectivity index (χ1v) is 7.63. The van der Waals surface area contributed by atoms with E-state index in [0.29, 0.717) is 21.5 Å². The van der Waals surface area contributed by atoms with Crippen molar-refractivity contribution in [1.29, 1.82) is 0 Å². The molecule has 2 aromatic rings. The monoisotopic (exact) mass is 343 g/mol. The Morgan fingerprint density at radius 3 is 2.57 bits per heavy atom. The third-order valence-electron chi connectivity index (χ3n) is 3.37. The van der Waals surface area contributed by atoms with Crippen LogP contribution in [0.25, 0.3) is 0 Å². The lowest BCUT2D eigenvalue weighted by molar-refractivity contribution is 0.406. The van der Waals surface area contributed by atoms with E-state index in [9.17, 15) is 0 Å². The van der Waals surface area contributed by atoms with Gasteiger partial charge in [-0.2, -0.15) is 0 Å². The lowest BCUT2D eigenvalue weighted by Gasteiger charge is -2.20. The second-order valence-corrected chi connectivity index (χ2v) is 5.87. The van der Waals surface area contributed by atoms with Crippen molar-refractivity contribution in [2.24, 2.45) is 0 Å². The molecule has 112 valence electrons. The number of methoxy groups -OCH3 is 1. The van der Waals surface area contributed by atoms with Gasteiger partial charge in [0.2, 0.25) is 0 Å². The van der Waals surface area contributed by atoms with Crippen molar-refractivity contribution in [1.82, 2.24) is 5.32 Å². The Kier molecular flexibility index (Phi) is 5.77. The fraction of sp³-hybridized carbons (Fsp3) is 0.250. The third-order valence-corrected chi connectivity index (χ3v) is 4.44. The van der Waals surface area contributed by atoms with E-state index in [2.05, 4.69) is 5.32 Å². The van der Waals surface area contributed by atoms with Gasteiger partial charge in [0.1, 0.15) is 5.75 Å². The molecule has 1 atom stereocenters. The molecule has 0 aromatic heterocycles. The van der Waals surface area contributed by atoms with Crippen LogP contribution < -0.4 is 10.1 Å². The van der Waals surface area contributed by atoms with Crippen LogP contribution in [0.2, 0.25) is 15.1 Å². The van der Waals surface area contributed by atoms with Crippen molar-refractivity contribution in [3.63, 3.8) is 0 Å². The molecular weight excluding hydrogens is 329 g/mol. The minimum Gasteiger partial charge on any atom is -0.496 e. The molecule has 0 spiro atoms. The van der Waals surface area contributed by atoms with Gasteiger partial charge in [0.05, 0.1) is 17.2 Å². The summed E-state index contributed by atoms with van der Waals surface area (Å²) in [7, 11) is 3.53. The van der Waals surface area contributed by atoms with Crippen LogP contribution in [-0.4, -0.2) is 14.2 Å². The molecule has 0 fully saturated rings. The molecular formula is C16H16Cl3NO. The number of likely N-dealkylation sites (N-methyl/N-ethyl adjacent to an activating group) is 1. The predicted octanol–water partition coefficient (Wildman–Crippen LogP) is 5.16.